The molecule has 1 fully saturated rings. The fourth-order valence-corrected chi connectivity index (χ4v) is 1.85. The van der Waals surface area contributed by atoms with Gasteiger partial charge in [-0.15, -0.1) is 0 Å². The van der Waals surface area contributed by atoms with Crippen LogP contribution in [-0.4, -0.2) is 41.8 Å². The van der Waals surface area contributed by atoms with E-state index in [2.05, 4.69) is 20.2 Å². The summed E-state index contributed by atoms with van der Waals surface area (Å²) in [4.78, 5) is 10.5. The first kappa shape index (κ1) is 10.2. The largest absolute Gasteiger partial charge is 0.396 e. The Morgan fingerprint density at radius 1 is 1.60 bits per heavy atom. The van der Waals surface area contributed by atoms with Crippen molar-refractivity contribution in [3.05, 3.63) is 12.4 Å². The molecule has 0 radical (unpaired) electrons. The van der Waals surface area contributed by atoms with Crippen LogP contribution in [0.15, 0.2) is 12.4 Å². The standard InChI is InChI=1S/C10H16N4O/c1-11-9-4-10(13-7-12-9)14-3-2-8(5-14)6-15/h4,7-8,15H,2-3,5-6H2,1H3,(H,11,12,13). The van der Waals surface area contributed by atoms with Gasteiger partial charge in [-0.05, 0) is 6.42 Å². The summed E-state index contributed by atoms with van der Waals surface area (Å²) in [5, 5.41) is 12.0. The van der Waals surface area contributed by atoms with Gasteiger partial charge in [-0.1, -0.05) is 0 Å². The average Bonchev–Trinajstić information content (AvgIpc) is 2.78. The minimum Gasteiger partial charge on any atom is -0.396 e. The third-order valence-corrected chi connectivity index (χ3v) is 2.78. The number of aliphatic hydroxyl groups is 1. The number of nitrogens with zero attached hydrogens (tertiary/aromatic N) is 3. The lowest BCUT2D eigenvalue weighted by molar-refractivity contribution is 0.238. The third kappa shape index (κ3) is 2.18. The average molecular weight is 208 g/mol. The van der Waals surface area contributed by atoms with Gasteiger partial charge < -0.3 is 15.3 Å². The van der Waals surface area contributed by atoms with E-state index in [1.54, 1.807) is 6.33 Å². The smallest absolute Gasteiger partial charge is 0.134 e. The molecule has 0 aliphatic carbocycles. The van der Waals surface area contributed by atoms with Crippen LogP contribution in [0.3, 0.4) is 0 Å². The Balaban J connectivity index is 2.09. The van der Waals surface area contributed by atoms with E-state index < -0.39 is 0 Å². The molecule has 2 rings (SSSR count). The van der Waals surface area contributed by atoms with Crippen LogP contribution in [0, 0.1) is 5.92 Å². The predicted octanol–water partition coefficient (Wildman–Crippen LogP) is 0.337. The number of hydrogen-bond donors (Lipinski definition) is 2. The van der Waals surface area contributed by atoms with Crippen molar-refractivity contribution in [1.82, 2.24) is 9.97 Å². The van der Waals surface area contributed by atoms with Gasteiger partial charge in [0.2, 0.25) is 0 Å². The highest BCUT2D eigenvalue weighted by molar-refractivity contribution is 5.48. The van der Waals surface area contributed by atoms with Crippen LogP contribution in [0.5, 0.6) is 0 Å². The van der Waals surface area contributed by atoms with Crippen molar-refractivity contribution >= 4 is 11.6 Å². The highest BCUT2D eigenvalue weighted by atomic mass is 16.3. The number of aliphatic hydroxyl groups excluding tert-OH is 1. The highest BCUT2D eigenvalue weighted by Crippen LogP contribution is 2.22. The number of aromatic nitrogens is 2. The summed E-state index contributed by atoms with van der Waals surface area (Å²) in [6, 6.07) is 1.93. The molecule has 1 aliphatic heterocycles. The van der Waals surface area contributed by atoms with Crippen LogP contribution in [0.1, 0.15) is 6.42 Å². The molecule has 82 valence electrons. The first-order valence-corrected chi connectivity index (χ1v) is 5.19. The molecule has 2 N–H and O–H groups in total. The van der Waals surface area contributed by atoms with Gasteiger partial charge >= 0.3 is 0 Å². The van der Waals surface area contributed by atoms with Crippen molar-refractivity contribution in [2.45, 2.75) is 6.42 Å². The van der Waals surface area contributed by atoms with Crippen molar-refractivity contribution < 1.29 is 5.11 Å². The van der Waals surface area contributed by atoms with E-state index in [1.807, 2.05) is 13.1 Å². The molecule has 0 aromatic carbocycles. The number of hydrogen-bond acceptors (Lipinski definition) is 5. The van der Waals surface area contributed by atoms with E-state index in [9.17, 15) is 0 Å². The SMILES string of the molecule is CNc1cc(N2CCC(CO)C2)ncn1. The molecule has 0 spiro atoms. The normalized spacial score (nSPS) is 20.7. The fourth-order valence-electron chi connectivity index (χ4n) is 1.85. The van der Waals surface area contributed by atoms with Gasteiger partial charge in [0, 0.05) is 38.7 Å². The molecule has 15 heavy (non-hydrogen) atoms. The van der Waals surface area contributed by atoms with Gasteiger partial charge in [0.1, 0.15) is 18.0 Å². The van der Waals surface area contributed by atoms with Crippen LogP contribution in [-0.2, 0) is 0 Å². The Morgan fingerprint density at radius 2 is 2.47 bits per heavy atom. The molecule has 1 atom stereocenters. The van der Waals surface area contributed by atoms with E-state index >= 15 is 0 Å². The summed E-state index contributed by atoms with van der Waals surface area (Å²) in [7, 11) is 1.84. The van der Waals surface area contributed by atoms with Crippen LogP contribution < -0.4 is 10.2 Å². The molecule has 1 saturated heterocycles. The Bertz CT molecular complexity index is 331. The molecule has 5 nitrogen and oxygen atoms in total. The zero-order valence-electron chi connectivity index (χ0n) is 8.85. The first-order valence-electron chi connectivity index (χ1n) is 5.19. The van der Waals surface area contributed by atoms with E-state index in [0.29, 0.717) is 5.92 Å². The lowest BCUT2D eigenvalue weighted by Crippen LogP contribution is -2.21. The second kappa shape index (κ2) is 4.44. The second-order valence-corrected chi connectivity index (χ2v) is 3.79. The monoisotopic (exact) mass is 208 g/mol. The molecule has 2 heterocycles. The van der Waals surface area contributed by atoms with Gasteiger partial charge in [-0.3, -0.25) is 0 Å². The molecular weight excluding hydrogens is 192 g/mol. The zero-order chi connectivity index (χ0) is 10.7. The van der Waals surface area contributed by atoms with E-state index in [4.69, 9.17) is 5.11 Å². The maximum absolute atomic E-state index is 9.06. The minimum atomic E-state index is 0.264. The van der Waals surface area contributed by atoms with Crippen molar-refractivity contribution in [2.24, 2.45) is 5.92 Å². The van der Waals surface area contributed by atoms with E-state index in [0.717, 1.165) is 31.1 Å². The van der Waals surface area contributed by atoms with Crippen LogP contribution in [0.25, 0.3) is 0 Å². The lowest BCUT2D eigenvalue weighted by Gasteiger charge is -2.17. The minimum absolute atomic E-state index is 0.264. The Labute approximate surface area is 89.2 Å². The van der Waals surface area contributed by atoms with Crippen molar-refractivity contribution in [3.63, 3.8) is 0 Å². The van der Waals surface area contributed by atoms with E-state index in [-0.39, 0.29) is 6.61 Å². The maximum atomic E-state index is 9.06. The molecule has 1 aromatic heterocycles. The number of nitrogens with one attached hydrogen (secondary N) is 1. The topological polar surface area (TPSA) is 61.3 Å². The summed E-state index contributed by atoms with van der Waals surface area (Å²) in [5.74, 6) is 2.15. The fraction of sp³-hybridized carbons (Fsp3) is 0.600. The van der Waals surface area contributed by atoms with Crippen molar-refractivity contribution in [2.75, 3.05) is 37.0 Å². The summed E-state index contributed by atoms with van der Waals surface area (Å²) < 4.78 is 0. The summed E-state index contributed by atoms with van der Waals surface area (Å²) in [6.07, 6.45) is 2.60. The van der Waals surface area contributed by atoms with E-state index in [1.165, 1.54) is 0 Å². The van der Waals surface area contributed by atoms with Gasteiger partial charge in [0.15, 0.2) is 0 Å². The quantitative estimate of drug-likeness (QED) is 0.750. The van der Waals surface area contributed by atoms with Gasteiger partial charge in [-0.2, -0.15) is 0 Å². The Kier molecular flexibility index (Phi) is 3.01. The van der Waals surface area contributed by atoms with Crippen LogP contribution in [0.2, 0.25) is 0 Å². The summed E-state index contributed by atoms with van der Waals surface area (Å²) >= 11 is 0. The molecule has 5 heteroatoms. The lowest BCUT2D eigenvalue weighted by atomic mass is 10.1. The van der Waals surface area contributed by atoms with Crippen LogP contribution >= 0.6 is 0 Å². The highest BCUT2D eigenvalue weighted by Gasteiger charge is 2.22. The zero-order valence-corrected chi connectivity index (χ0v) is 8.85. The third-order valence-electron chi connectivity index (χ3n) is 2.78. The van der Waals surface area contributed by atoms with Gasteiger partial charge in [0.05, 0.1) is 0 Å². The second-order valence-electron chi connectivity index (χ2n) is 3.79. The van der Waals surface area contributed by atoms with Crippen LogP contribution in [0.4, 0.5) is 11.6 Å². The van der Waals surface area contributed by atoms with Crippen molar-refractivity contribution in [1.29, 1.82) is 0 Å². The number of rotatable bonds is 3. The Hall–Kier alpha value is -1.36. The van der Waals surface area contributed by atoms with Crippen molar-refractivity contribution in [3.8, 4) is 0 Å². The summed E-state index contributed by atoms with van der Waals surface area (Å²) in [6.45, 7) is 2.11. The molecule has 0 amide bonds. The molecule has 1 aliphatic rings. The molecular formula is C10H16N4O. The van der Waals surface area contributed by atoms with Gasteiger partial charge in [0.25, 0.3) is 0 Å². The first-order chi connectivity index (χ1) is 7.33. The molecule has 0 saturated carbocycles. The van der Waals surface area contributed by atoms with Gasteiger partial charge in [-0.25, -0.2) is 9.97 Å². The number of anilines is 2. The Morgan fingerprint density at radius 3 is 3.13 bits per heavy atom. The molecule has 1 unspecified atom stereocenters. The summed E-state index contributed by atoms with van der Waals surface area (Å²) in [5.41, 5.74) is 0. The predicted molar refractivity (Wildman–Crippen MR) is 59.0 cm³/mol. The molecule has 1 aromatic rings. The maximum Gasteiger partial charge on any atom is 0.134 e. The molecule has 0 bridgehead atoms.